The number of unbranched alkanes of at least 4 members (excludes halogenated alkanes) is 6. The van der Waals surface area contributed by atoms with E-state index >= 15 is 0 Å². The second kappa shape index (κ2) is 87.0. The van der Waals surface area contributed by atoms with Crippen LogP contribution in [0.3, 0.4) is 0 Å². The molecule has 78 heavy (non-hydrogen) atoms. The fourth-order valence-electron chi connectivity index (χ4n) is 5.94. The summed E-state index contributed by atoms with van der Waals surface area (Å²) in [5.74, 6) is -0.497. The number of carbonyl (C=O) groups excluding carboxylic acids is 4. The molecule has 0 heterocycles. The molecule has 0 aliphatic carbocycles. The van der Waals surface area contributed by atoms with Gasteiger partial charge in [-0.3, -0.25) is 24.0 Å². The second-order valence-corrected chi connectivity index (χ2v) is 17.0. The molecule has 0 saturated heterocycles. The summed E-state index contributed by atoms with van der Waals surface area (Å²) in [7, 11) is 3.89. The highest BCUT2D eigenvalue weighted by Gasteiger charge is 2.14. The molecule has 0 saturated carbocycles. The zero-order valence-corrected chi connectivity index (χ0v) is 49.4. The fourth-order valence-corrected chi connectivity index (χ4v) is 5.94. The molecule has 0 aromatic carbocycles. The topological polar surface area (TPSA) is 344 Å². The van der Waals surface area contributed by atoms with E-state index in [0.29, 0.717) is 118 Å². The Bertz CT molecular complexity index is 1180. The van der Waals surface area contributed by atoms with Gasteiger partial charge in [0.15, 0.2) is 0 Å². The van der Waals surface area contributed by atoms with Crippen LogP contribution in [0.4, 0.5) is 0 Å². The number of hydrogen-bond donors (Lipinski definition) is 10. The molecule has 14 N–H and O–H groups in total. The van der Waals surface area contributed by atoms with Gasteiger partial charge in [-0.2, -0.15) is 0 Å². The number of primary amides is 1. The summed E-state index contributed by atoms with van der Waals surface area (Å²) in [6.07, 6.45) is 20.8. The molecule has 0 spiro atoms. The normalized spacial score (nSPS) is 10.4. The zero-order valence-electron chi connectivity index (χ0n) is 49.4. The third kappa shape index (κ3) is 101. The Balaban J connectivity index is -0.000000303. The first kappa shape index (κ1) is 85.4. The van der Waals surface area contributed by atoms with Gasteiger partial charge in [-0.15, -0.1) is 6.58 Å². The number of nitrogens with two attached hydrogens (primary N) is 4. The van der Waals surface area contributed by atoms with Crippen molar-refractivity contribution < 1.29 is 67.0 Å². The Morgan fingerprint density at radius 1 is 0.500 bits per heavy atom. The lowest BCUT2D eigenvalue weighted by Gasteiger charge is -2.17. The average molecular weight is 1130 g/mol. The summed E-state index contributed by atoms with van der Waals surface area (Å²) in [6.45, 7) is 24.9. The first-order chi connectivity index (χ1) is 38.1. The zero-order chi connectivity index (χ0) is 59.3. The SMILES string of the molecule is C=CCCOCCOCCN.C=CN.CCCCNC=O.CCCOCCCCCN.CNCCCCCOCCC(=O)NCCCCC(CCCNC)CC(=O)NCCOCCOCCOCCOCCC(=O)O.NC=O. The van der Waals surface area contributed by atoms with Crippen LogP contribution in [0, 0.1) is 5.92 Å². The van der Waals surface area contributed by atoms with Gasteiger partial charge in [0.2, 0.25) is 24.6 Å². The van der Waals surface area contributed by atoms with Crippen molar-refractivity contribution in [2.75, 3.05) is 166 Å². The minimum Gasteiger partial charge on any atom is -0.481 e. The number of carbonyl (C=O) groups is 5. The number of hydrogen-bond acceptors (Lipinski definition) is 18. The van der Waals surface area contributed by atoms with E-state index in [4.69, 9.17) is 59.3 Å². The minimum absolute atomic E-state index is 0.0108. The summed E-state index contributed by atoms with van der Waals surface area (Å²) in [5, 5.41) is 23.3. The van der Waals surface area contributed by atoms with E-state index in [1.807, 2.05) is 20.2 Å². The molecule has 466 valence electrons. The van der Waals surface area contributed by atoms with E-state index in [-0.39, 0.29) is 31.3 Å². The lowest BCUT2D eigenvalue weighted by atomic mass is 9.93. The predicted octanol–water partition coefficient (Wildman–Crippen LogP) is 3.55. The van der Waals surface area contributed by atoms with Gasteiger partial charge in [0.05, 0.1) is 92.3 Å². The van der Waals surface area contributed by atoms with E-state index < -0.39 is 5.97 Å². The van der Waals surface area contributed by atoms with E-state index in [2.05, 4.69) is 65.1 Å². The number of rotatable bonds is 54. The molecule has 0 aromatic rings. The smallest absolute Gasteiger partial charge is 0.305 e. The maximum atomic E-state index is 12.5. The maximum absolute atomic E-state index is 12.5. The highest BCUT2D eigenvalue weighted by atomic mass is 16.6. The quantitative estimate of drug-likeness (QED) is 0.0236. The second-order valence-electron chi connectivity index (χ2n) is 17.0. The lowest BCUT2D eigenvalue weighted by molar-refractivity contribution is -0.138. The van der Waals surface area contributed by atoms with Crippen molar-refractivity contribution in [3.8, 4) is 0 Å². The number of nitrogens with one attached hydrogen (secondary N) is 5. The molecule has 0 aromatic heterocycles. The third-order valence-electron chi connectivity index (χ3n) is 9.91. The van der Waals surface area contributed by atoms with Gasteiger partial charge in [-0.05, 0) is 129 Å². The van der Waals surface area contributed by atoms with Crippen LogP contribution in [0.1, 0.15) is 129 Å². The minimum atomic E-state index is -0.880. The molecule has 4 amide bonds. The summed E-state index contributed by atoms with van der Waals surface area (Å²) in [4.78, 5) is 53.0. The van der Waals surface area contributed by atoms with Crippen molar-refractivity contribution in [2.45, 2.75) is 129 Å². The number of carboxylic acids is 1. The number of amides is 4. The standard InChI is InChI=1S/C31H62N4O9.C8H17NO2.C8H19NO.C5H11NO.C2H5N.CH3NO/c1-32-13-5-3-7-17-40-18-11-29(36)34-15-6-4-9-28(10-8-14-33-2)27-30(37)35-16-20-42-22-24-44-26-25-43-23-21-41-19-12-31(38)39;1-2-3-5-10-7-8-11-6-4-9;1-2-7-10-8-5-3-4-6-9;1-2-3-4-6-5-7;1-2-3;2-1-3/h28,32-33H,3-27H2,1-2H3,(H,34,36)(H,35,37)(H,38,39);2H,1,3-9H2;2-9H2,1H3;5H,2-4H2,1H3,(H,6,7);2H,1,3H2;1H,(H2,2,3). The van der Waals surface area contributed by atoms with E-state index in [0.717, 1.165) is 142 Å². The van der Waals surface area contributed by atoms with Crippen LogP contribution < -0.4 is 49.5 Å². The maximum Gasteiger partial charge on any atom is 0.305 e. The summed E-state index contributed by atoms with van der Waals surface area (Å²) < 4.78 is 42.5. The highest BCUT2D eigenvalue weighted by molar-refractivity contribution is 5.76. The van der Waals surface area contributed by atoms with Crippen LogP contribution >= 0.6 is 0 Å². The van der Waals surface area contributed by atoms with Gasteiger partial charge in [0, 0.05) is 58.8 Å². The van der Waals surface area contributed by atoms with Crippen LogP contribution in [-0.2, 0) is 61.9 Å². The molecule has 0 aliphatic rings. The lowest BCUT2D eigenvalue weighted by Crippen LogP contribution is -2.29. The largest absolute Gasteiger partial charge is 0.481 e. The molecule has 1 unspecified atom stereocenters. The summed E-state index contributed by atoms with van der Waals surface area (Å²) in [6, 6.07) is 0. The van der Waals surface area contributed by atoms with Crippen molar-refractivity contribution >= 4 is 30.6 Å². The summed E-state index contributed by atoms with van der Waals surface area (Å²) in [5.41, 5.74) is 19.3. The van der Waals surface area contributed by atoms with Crippen LogP contribution in [-0.4, -0.2) is 201 Å². The Morgan fingerprint density at radius 3 is 1.50 bits per heavy atom. The molecule has 0 fully saturated rings. The molecule has 23 nitrogen and oxygen atoms in total. The monoisotopic (exact) mass is 1130 g/mol. The Hall–Kier alpha value is -3.85. The van der Waals surface area contributed by atoms with Gasteiger partial charge < -0.3 is 92.5 Å². The van der Waals surface area contributed by atoms with Gasteiger partial charge in [0.25, 0.3) is 0 Å². The number of aliphatic carboxylic acids is 1. The van der Waals surface area contributed by atoms with Crippen molar-refractivity contribution in [1.82, 2.24) is 26.6 Å². The molecule has 0 aliphatic heterocycles. The van der Waals surface area contributed by atoms with Crippen molar-refractivity contribution in [3.05, 3.63) is 25.4 Å². The summed E-state index contributed by atoms with van der Waals surface area (Å²) >= 11 is 0. The van der Waals surface area contributed by atoms with Crippen molar-refractivity contribution in [2.24, 2.45) is 28.9 Å². The Morgan fingerprint density at radius 2 is 0.974 bits per heavy atom. The third-order valence-corrected chi connectivity index (χ3v) is 9.91. The fraction of sp³-hybridized carbons (Fsp3) is 0.836. The van der Waals surface area contributed by atoms with E-state index in [1.54, 1.807) is 0 Å². The highest BCUT2D eigenvalue weighted by Crippen LogP contribution is 2.18. The van der Waals surface area contributed by atoms with E-state index in [9.17, 15) is 19.2 Å². The molecule has 0 radical (unpaired) electrons. The molecule has 1 atom stereocenters. The Labute approximate surface area is 472 Å². The van der Waals surface area contributed by atoms with Crippen LogP contribution in [0.5, 0.6) is 0 Å². The van der Waals surface area contributed by atoms with Crippen molar-refractivity contribution in [1.29, 1.82) is 0 Å². The van der Waals surface area contributed by atoms with Gasteiger partial charge in [-0.25, -0.2) is 0 Å². The van der Waals surface area contributed by atoms with Gasteiger partial charge in [-0.1, -0.05) is 39.3 Å². The van der Waals surface area contributed by atoms with Crippen LogP contribution in [0.25, 0.3) is 0 Å². The van der Waals surface area contributed by atoms with Crippen LogP contribution in [0.2, 0.25) is 0 Å². The molecule has 0 bridgehead atoms. The molecule has 23 heteroatoms. The number of carboxylic acid groups (broad SMARTS) is 1. The van der Waals surface area contributed by atoms with Crippen LogP contribution in [0.15, 0.2) is 25.4 Å². The van der Waals surface area contributed by atoms with Gasteiger partial charge >= 0.3 is 5.97 Å². The van der Waals surface area contributed by atoms with E-state index in [1.165, 1.54) is 12.6 Å². The molecule has 0 rings (SSSR count). The first-order valence-electron chi connectivity index (χ1n) is 28.4. The van der Waals surface area contributed by atoms with Gasteiger partial charge in [0.1, 0.15) is 0 Å². The first-order valence-corrected chi connectivity index (χ1v) is 28.4. The molecular formula is C55H117N9O14. The Kier molecular flexibility index (Phi) is 95.3. The molecular weight excluding hydrogens is 1010 g/mol. The average Bonchev–Trinajstić information content (AvgIpc) is 3.42. The number of ether oxygens (including phenoxy) is 8. The predicted molar refractivity (Wildman–Crippen MR) is 313 cm³/mol. The van der Waals surface area contributed by atoms with Crippen molar-refractivity contribution in [3.63, 3.8) is 0 Å².